The Morgan fingerprint density at radius 1 is 0.941 bits per heavy atom. The Hall–Kier alpha value is -0.760. The van der Waals surface area contributed by atoms with Gasteiger partial charge in [-0.05, 0) is 17.7 Å². The Morgan fingerprint density at radius 3 is 2.12 bits per heavy atom. The summed E-state index contributed by atoms with van der Waals surface area (Å²) in [5, 5.41) is 0.690. The first-order valence-electron chi connectivity index (χ1n) is 5.04. The van der Waals surface area contributed by atoms with Gasteiger partial charge < -0.3 is 0 Å². The molecular formula is C14H9BrCl2. The SMILES string of the molecule is Cl/C=C(\c1ccccc1Cl)c1ccccc1Br. The average Bonchev–Trinajstić information content (AvgIpc) is 2.34. The summed E-state index contributed by atoms with van der Waals surface area (Å²) in [6.45, 7) is 0. The van der Waals surface area contributed by atoms with Gasteiger partial charge in [0.1, 0.15) is 0 Å². The predicted octanol–water partition coefficient (Wildman–Crippen LogP) is 5.73. The summed E-state index contributed by atoms with van der Waals surface area (Å²) in [6.07, 6.45) is 0. The van der Waals surface area contributed by atoms with Crippen LogP contribution in [-0.2, 0) is 0 Å². The molecule has 86 valence electrons. The van der Waals surface area contributed by atoms with Gasteiger partial charge in [-0.3, -0.25) is 0 Å². The molecule has 2 aromatic carbocycles. The maximum Gasteiger partial charge on any atom is 0.0484 e. The maximum absolute atomic E-state index is 6.19. The molecule has 3 heteroatoms. The largest absolute Gasteiger partial charge is 0.0923 e. The van der Waals surface area contributed by atoms with Crippen LogP contribution in [0.2, 0.25) is 5.02 Å². The highest BCUT2D eigenvalue weighted by Gasteiger charge is 2.10. The van der Waals surface area contributed by atoms with E-state index in [9.17, 15) is 0 Å². The van der Waals surface area contributed by atoms with Crippen molar-refractivity contribution < 1.29 is 0 Å². The minimum Gasteiger partial charge on any atom is -0.0923 e. The Labute approximate surface area is 119 Å². The van der Waals surface area contributed by atoms with E-state index in [1.807, 2.05) is 48.5 Å². The fraction of sp³-hybridized carbons (Fsp3) is 0. The standard InChI is InChI=1S/C14H9BrCl2/c15-13-7-3-1-5-10(13)12(9-16)11-6-2-4-8-14(11)17/h1-9H/b12-9-. The van der Waals surface area contributed by atoms with E-state index in [0.717, 1.165) is 21.2 Å². The van der Waals surface area contributed by atoms with Crippen LogP contribution in [0.25, 0.3) is 5.57 Å². The molecule has 0 N–H and O–H groups in total. The highest BCUT2D eigenvalue weighted by atomic mass is 79.9. The van der Waals surface area contributed by atoms with Crippen molar-refractivity contribution in [2.45, 2.75) is 0 Å². The summed E-state index contributed by atoms with van der Waals surface area (Å²) in [5.41, 5.74) is 4.41. The lowest BCUT2D eigenvalue weighted by Gasteiger charge is -2.10. The summed E-state index contributed by atoms with van der Waals surface area (Å²) >= 11 is 15.6. The fourth-order valence-electron chi connectivity index (χ4n) is 1.62. The monoisotopic (exact) mass is 326 g/mol. The lowest BCUT2D eigenvalue weighted by atomic mass is 10.00. The average molecular weight is 328 g/mol. The first-order chi connectivity index (χ1) is 8.24. The van der Waals surface area contributed by atoms with Crippen LogP contribution in [0.1, 0.15) is 11.1 Å². The normalized spacial score (nSPS) is 11.6. The molecule has 0 unspecified atom stereocenters. The number of benzene rings is 2. The molecule has 0 saturated heterocycles. The molecule has 0 saturated carbocycles. The molecule has 0 aliphatic rings. The number of halogens is 3. The highest BCUT2D eigenvalue weighted by molar-refractivity contribution is 9.10. The molecule has 0 bridgehead atoms. The van der Waals surface area contributed by atoms with Crippen molar-refractivity contribution in [3.8, 4) is 0 Å². The van der Waals surface area contributed by atoms with Gasteiger partial charge in [-0.1, -0.05) is 75.5 Å². The van der Waals surface area contributed by atoms with E-state index in [1.165, 1.54) is 0 Å². The third kappa shape index (κ3) is 2.74. The maximum atomic E-state index is 6.19. The van der Waals surface area contributed by atoms with E-state index in [4.69, 9.17) is 23.2 Å². The second-order valence-corrected chi connectivity index (χ2v) is 4.96. The van der Waals surface area contributed by atoms with Gasteiger partial charge in [-0.15, -0.1) is 0 Å². The van der Waals surface area contributed by atoms with Gasteiger partial charge in [0.2, 0.25) is 0 Å². The van der Waals surface area contributed by atoms with Crippen molar-refractivity contribution in [2.75, 3.05) is 0 Å². The molecule has 2 aromatic rings. The summed E-state index contributed by atoms with van der Waals surface area (Å²) in [7, 11) is 0. The van der Waals surface area contributed by atoms with Gasteiger partial charge in [0.15, 0.2) is 0 Å². The zero-order chi connectivity index (χ0) is 12.3. The van der Waals surface area contributed by atoms with Crippen LogP contribution in [-0.4, -0.2) is 0 Å². The van der Waals surface area contributed by atoms with Crippen molar-refractivity contribution in [3.63, 3.8) is 0 Å². The van der Waals surface area contributed by atoms with Crippen molar-refractivity contribution >= 4 is 44.7 Å². The third-order valence-electron chi connectivity index (χ3n) is 2.44. The lowest BCUT2D eigenvalue weighted by Crippen LogP contribution is -1.89. The molecule has 0 heterocycles. The zero-order valence-electron chi connectivity index (χ0n) is 8.83. The summed E-state index contributed by atoms with van der Waals surface area (Å²) in [6, 6.07) is 15.6. The van der Waals surface area contributed by atoms with Gasteiger partial charge in [0, 0.05) is 26.2 Å². The minimum atomic E-state index is 0.690. The molecule has 0 fully saturated rings. The molecule has 17 heavy (non-hydrogen) atoms. The van der Waals surface area contributed by atoms with Crippen LogP contribution in [0.3, 0.4) is 0 Å². The van der Waals surface area contributed by atoms with Crippen LogP contribution in [0.4, 0.5) is 0 Å². The van der Waals surface area contributed by atoms with E-state index in [-0.39, 0.29) is 0 Å². The molecule has 2 rings (SSSR count). The zero-order valence-corrected chi connectivity index (χ0v) is 11.9. The van der Waals surface area contributed by atoms with E-state index < -0.39 is 0 Å². The van der Waals surface area contributed by atoms with Crippen LogP contribution in [0.5, 0.6) is 0 Å². The van der Waals surface area contributed by atoms with Gasteiger partial charge >= 0.3 is 0 Å². The van der Waals surface area contributed by atoms with Crippen LogP contribution >= 0.6 is 39.1 Å². The molecule has 0 amide bonds. The minimum absolute atomic E-state index is 0.690. The van der Waals surface area contributed by atoms with Gasteiger partial charge in [0.25, 0.3) is 0 Å². The molecular weight excluding hydrogens is 319 g/mol. The third-order valence-corrected chi connectivity index (χ3v) is 3.68. The Kier molecular flexibility index (Phi) is 4.27. The van der Waals surface area contributed by atoms with Gasteiger partial charge in [0.05, 0.1) is 0 Å². The molecule has 0 spiro atoms. The molecule has 0 nitrogen and oxygen atoms in total. The smallest absolute Gasteiger partial charge is 0.0484 e. The summed E-state index contributed by atoms with van der Waals surface area (Å²) < 4.78 is 0.992. The summed E-state index contributed by atoms with van der Waals surface area (Å²) in [4.78, 5) is 0. The first-order valence-corrected chi connectivity index (χ1v) is 6.65. The number of rotatable bonds is 2. The molecule has 0 aliphatic carbocycles. The lowest BCUT2D eigenvalue weighted by molar-refractivity contribution is 1.52. The van der Waals surface area contributed by atoms with Crippen molar-refractivity contribution in [3.05, 3.63) is 74.7 Å². The van der Waals surface area contributed by atoms with E-state index in [1.54, 1.807) is 5.54 Å². The first kappa shape index (κ1) is 12.7. The van der Waals surface area contributed by atoms with Crippen molar-refractivity contribution in [1.82, 2.24) is 0 Å². The number of hydrogen-bond donors (Lipinski definition) is 0. The van der Waals surface area contributed by atoms with Crippen molar-refractivity contribution in [1.29, 1.82) is 0 Å². The Morgan fingerprint density at radius 2 is 1.53 bits per heavy atom. The Bertz CT molecular complexity index is 514. The highest BCUT2D eigenvalue weighted by Crippen LogP contribution is 2.33. The number of hydrogen-bond acceptors (Lipinski definition) is 0. The molecule has 0 aliphatic heterocycles. The van der Waals surface area contributed by atoms with Crippen LogP contribution in [0.15, 0.2) is 58.5 Å². The van der Waals surface area contributed by atoms with Crippen molar-refractivity contribution in [2.24, 2.45) is 0 Å². The van der Waals surface area contributed by atoms with Gasteiger partial charge in [-0.25, -0.2) is 0 Å². The fourth-order valence-corrected chi connectivity index (χ4v) is 2.59. The predicted molar refractivity (Wildman–Crippen MR) is 78.5 cm³/mol. The van der Waals surface area contributed by atoms with E-state index in [2.05, 4.69) is 15.9 Å². The second kappa shape index (κ2) is 5.72. The quantitative estimate of drug-likeness (QED) is 0.660. The van der Waals surface area contributed by atoms with Crippen LogP contribution in [0, 0.1) is 0 Å². The molecule has 0 atom stereocenters. The second-order valence-electron chi connectivity index (χ2n) is 3.48. The Balaban J connectivity index is 2.57. The van der Waals surface area contributed by atoms with Crippen LogP contribution < -0.4 is 0 Å². The molecule has 0 aromatic heterocycles. The van der Waals surface area contributed by atoms with Gasteiger partial charge in [-0.2, -0.15) is 0 Å². The molecule has 0 radical (unpaired) electrons. The topological polar surface area (TPSA) is 0 Å². The van der Waals surface area contributed by atoms with E-state index >= 15 is 0 Å². The summed E-state index contributed by atoms with van der Waals surface area (Å²) in [5.74, 6) is 0. The van der Waals surface area contributed by atoms with E-state index in [0.29, 0.717) is 5.02 Å².